The molecule has 6 aromatic rings. The van der Waals surface area contributed by atoms with Gasteiger partial charge < -0.3 is 0 Å². The summed E-state index contributed by atoms with van der Waals surface area (Å²) >= 11 is 0. The summed E-state index contributed by atoms with van der Waals surface area (Å²) in [6, 6.07) is 32.7. The SMILES string of the molecule is CCCCCCc1nc(CCCCCC)nc(-c2cc(-c3[c-]ccc4c3C(C)(C)c3ccccc3-4)nc3cc4c(cc23)-c2ccccc2C4(C)C)n1.[Ir]. The van der Waals surface area contributed by atoms with Gasteiger partial charge in [-0.25, -0.2) is 15.0 Å². The van der Waals surface area contributed by atoms with Crippen molar-refractivity contribution >= 4 is 10.9 Å². The monoisotopic (exact) mass is 876 g/mol. The van der Waals surface area contributed by atoms with Gasteiger partial charge in [0.15, 0.2) is 5.82 Å². The van der Waals surface area contributed by atoms with Gasteiger partial charge in [-0.05, 0) is 69.5 Å². The van der Waals surface area contributed by atoms with Crippen LogP contribution in [0.4, 0.5) is 0 Å². The molecule has 0 bridgehead atoms. The topological polar surface area (TPSA) is 51.6 Å². The molecule has 0 amide bonds. The van der Waals surface area contributed by atoms with Crippen LogP contribution in [0.2, 0.25) is 0 Å². The molecule has 5 heteroatoms. The van der Waals surface area contributed by atoms with Crippen LogP contribution in [0.5, 0.6) is 0 Å². The number of hydrogen-bond acceptors (Lipinski definition) is 4. The van der Waals surface area contributed by atoms with E-state index in [0.717, 1.165) is 70.9 Å². The van der Waals surface area contributed by atoms with Crippen LogP contribution >= 0.6 is 0 Å². The van der Waals surface area contributed by atoms with Gasteiger partial charge >= 0.3 is 0 Å². The van der Waals surface area contributed by atoms with Crippen LogP contribution < -0.4 is 0 Å². The van der Waals surface area contributed by atoms with Crippen molar-refractivity contribution in [2.24, 2.45) is 0 Å². The zero-order valence-corrected chi connectivity index (χ0v) is 34.6. The van der Waals surface area contributed by atoms with E-state index >= 15 is 0 Å². The Morgan fingerprint density at radius 1 is 0.547 bits per heavy atom. The first-order valence-electron chi connectivity index (χ1n) is 19.7. The standard InChI is InChI=1S/C48H51N4.Ir/c1-7-9-11-13-26-43-50-44(27-14-12-10-8-2)52-46(51-43)37-29-41(34-23-19-22-33-31-20-15-18-25-39(31)48(5,6)45(33)34)49-42-30-40-35(28-36(37)42)32-21-16-17-24-38(32)47(40,3)4;/h15-22,24-25,28-30H,7-14,26-27H2,1-6H3;/q-1;. The number of nitrogens with zero attached hydrogens (tertiary/aromatic N) is 4. The molecule has 2 heterocycles. The molecule has 2 aromatic heterocycles. The molecule has 4 nitrogen and oxygen atoms in total. The summed E-state index contributed by atoms with van der Waals surface area (Å²) in [5.74, 6) is 2.59. The van der Waals surface area contributed by atoms with Crippen molar-refractivity contribution < 1.29 is 20.1 Å². The number of benzene rings is 4. The largest absolute Gasteiger partial charge is 0.296 e. The molecule has 2 aliphatic rings. The second-order valence-corrected chi connectivity index (χ2v) is 16.1. The molecular weight excluding hydrogens is 825 g/mol. The molecule has 4 aromatic carbocycles. The number of aromatic nitrogens is 4. The van der Waals surface area contributed by atoms with Gasteiger partial charge in [-0.2, -0.15) is 0 Å². The summed E-state index contributed by atoms with van der Waals surface area (Å²) in [6.07, 6.45) is 11.2. The van der Waals surface area contributed by atoms with Gasteiger partial charge in [-0.1, -0.05) is 140 Å². The van der Waals surface area contributed by atoms with Gasteiger partial charge in [0, 0.05) is 49.3 Å². The van der Waals surface area contributed by atoms with Gasteiger partial charge in [0.05, 0.1) is 5.52 Å². The Labute approximate surface area is 329 Å². The van der Waals surface area contributed by atoms with Crippen LogP contribution in [0.25, 0.3) is 55.8 Å². The summed E-state index contributed by atoms with van der Waals surface area (Å²) in [5.41, 5.74) is 14.1. The summed E-state index contributed by atoms with van der Waals surface area (Å²) in [4.78, 5) is 21.1. The number of rotatable bonds is 12. The molecule has 1 radical (unpaired) electrons. The third kappa shape index (κ3) is 6.59. The average Bonchev–Trinajstić information content (AvgIpc) is 3.53. The molecule has 0 saturated carbocycles. The van der Waals surface area contributed by atoms with E-state index in [-0.39, 0.29) is 30.9 Å². The second kappa shape index (κ2) is 15.0. The number of aryl methyl sites for hydroxylation is 2. The summed E-state index contributed by atoms with van der Waals surface area (Å²) in [6.45, 7) is 13.9. The van der Waals surface area contributed by atoms with E-state index in [1.165, 1.54) is 83.0 Å². The van der Waals surface area contributed by atoms with Crippen LogP contribution in [0.1, 0.15) is 127 Å². The minimum absolute atomic E-state index is 0. The van der Waals surface area contributed by atoms with E-state index in [1.807, 2.05) is 0 Å². The zero-order chi connectivity index (χ0) is 36.0. The van der Waals surface area contributed by atoms with Gasteiger partial charge in [-0.3, -0.25) is 4.98 Å². The fraction of sp³-hybridized carbons (Fsp3) is 0.375. The molecule has 0 spiro atoms. The van der Waals surface area contributed by atoms with Crippen molar-refractivity contribution in [3.63, 3.8) is 0 Å². The fourth-order valence-electron chi connectivity index (χ4n) is 8.94. The minimum Gasteiger partial charge on any atom is -0.296 e. The normalized spacial score (nSPS) is 14.4. The number of hydrogen-bond donors (Lipinski definition) is 0. The molecule has 0 fully saturated rings. The van der Waals surface area contributed by atoms with Gasteiger partial charge in [0.2, 0.25) is 0 Å². The first-order valence-corrected chi connectivity index (χ1v) is 19.7. The second-order valence-electron chi connectivity index (χ2n) is 16.1. The van der Waals surface area contributed by atoms with Crippen LogP contribution in [0.15, 0.2) is 78.9 Å². The molecular formula is C48H51IrN4-. The maximum absolute atomic E-state index is 5.53. The van der Waals surface area contributed by atoms with Gasteiger partial charge in [0.1, 0.15) is 11.6 Å². The van der Waals surface area contributed by atoms with E-state index in [1.54, 1.807) is 0 Å². The Morgan fingerprint density at radius 3 is 1.79 bits per heavy atom. The molecule has 0 atom stereocenters. The molecule has 0 saturated heterocycles. The maximum atomic E-state index is 5.53. The van der Waals surface area contributed by atoms with Crippen molar-refractivity contribution in [1.82, 2.24) is 19.9 Å². The molecule has 2 aliphatic carbocycles. The Morgan fingerprint density at radius 2 is 1.15 bits per heavy atom. The number of fused-ring (bicyclic) bond motifs is 7. The number of pyridine rings is 1. The van der Waals surface area contributed by atoms with Crippen molar-refractivity contribution in [3.05, 3.63) is 119 Å². The van der Waals surface area contributed by atoms with Crippen LogP contribution in [0.3, 0.4) is 0 Å². The molecule has 0 unspecified atom stereocenters. The molecule has 0 aliphatic heterocycles. The van der Waals surface area contributed by atoms with E-state index in [0.29, 0.717) is 0 Å². The average molecular weight is 876 g/mol. The maximum Gasteiger partial charge on any atom is 0.163 e. The smallest absolute Gasteiger partial charge is 0.163 e. The molecule has 0 N–H and O–H groups in total. The Hall–Kier alpha value is -4.05. The summed E-state index contributed by atoms with van der Waals surface area (Å²) in [5, 5.41) is 1.09. The quantitative estimate of drug-likeness (QED) is 0.0908. The Balaban J connectivity index is 0.00000435. The third-order valence-corrected chi connectivity index (χ3v) is 11.8. The minimum atomic E-state index is -0.193. The third-order valence-electron chi connectivity index (χ3n) is 11.8. The van der Waals surface area contributed by atoms with Crippen molar-refractivity contribution in [3.8, 4) is 44.9 Å². The predicted molar refractivity (Wildman–Crippen MR) is 216 cm³/mol. The van der Waals surface area contributed by atoms with Crippen LogP contribution in [0, 0.1) is 6.07 Å². The first kappa shape index (κ1) is 37.3. The van der Waals surface area contributed by atoms with E-state index in [2.05, 4.69) is 126 Å². The Bertz CT molecular complexity index is 2270. The van der Waals surface area contributed by atoms with Gasteiger partial charge in [-0.15, -0.1) is 29.3 Å². The molecule has 273 valence electrons. The summed E-state index contributed by atoms with van der Waals surface area (Å²) in [7, 11) is 0. The first-order chi connectivity index (χ1) is 25.2. The summed E-state index contributed by atoms with van der Waals surface area (Å²) < 4.78 is 0. The van der Waals surface area contributed by atoms with Gasteiger partial charge in [0.25, 0.3) is 0 Å². The molecule has 53 heavy (non-hydrogen) atoms. The fourth-order valence-corrected chi connectivity index (χ4v) is 8.94. The van der Waals surface area contributed by atoms with E-state index in [9.17, 15) is 0 Å². The Kier molecular flexibility index (Phi) is 10.5. The number of unbranched alkanes of at least 4 members (excludes halogenated alkanes) is 6. The van der Waals surface area contributed by atoms with E-state index in [4.69, 9.17) is 19.9 Å². The van der Waals surface area contributed by atoms with Crippen molar-refractivity contribution in [1.29, 1.82) is 0 Å². The molecule has 8 rings (SSSR count). The van der Waals surface area contributed by atoms with Crippen molar-refractivity contribution in [2.45, 2.75) is 117 Å². The van der Waals surface area contributed by atoms with Crippen LogP contribution in [-0.4, -0.2) is 19.9 Å². The predicted octanol–water partition coefficient (Wildman–Crippen LogP) is 12.4. The van der Waals surface area contributed by atoms with Crippen LogP contribution in [-0.2, 0) is 43.8 Å². The zero-order valence-electron chi connectivity index (χ0n) is 32.2. The van der Waals surface area contributed by atoms with E-state index < -0.39 is 0 Å². The van der Waals surface area contributed by atoms with Crippen molar-refractivity contribution in [2.75, 3.05) is 0 Å².